The van der Waals surface area contributed by atoms with Crippen LogP contribution in [0.15, 0.2) is 16.6 Å². The fourth-order valence-electron chi connectivity index (χ4n) is 2.63. The Hall–Kier alpha value is -0.740. The summed E-state index contributed by atoms with van der Waals surface area (Å²) in [6, 6.07) is 4.08. The summed E-state index contributed by atoms with van der Waals surface area (Å²) in [4.78, 5) is 0. The molecule has 3 nitrogen and oxygen atoms in total. The van der Waals surface area contributed by atoms with Crippen molar-refractivity contribution in [3.63, 3.8) is 0 Å². The average molecular weight is 328 g/mol. The van der Waals surface area contributed by atoms with Gasteiger partial charge >= 0.3 is 0 Å². The lowest BCUT2D eigenvalue weighted by Crippen LogP contribution is -2.41. The fourth-order valence-corrected chi connectivity index (χ4v) is 3.38. The summed E-state index contributed by atoms with van der Waals surface area (Å²) in [7, 11) is 1.66. The lowest BCUT2D eigenvalue weighted by molar-refractivity contribution is 0.224. The maximum atomic E-state index is 6.00. The minimum Gasteiger partial charge on any atom is -0.493 e. The number of methoxy groups -OCH3 is 1. The van der Waals surface area contributed by atoms with Gasteiger partial charge in [-0.15, -0.1) is 0 Å². The molecule has 0 saturated heterocycles. The van der Waals surface area contributed by atoms with Gasteiger partial charge in [0.25, 0.3) is 0 Å². The molecule has 0 spiro atoms. The van der Waals surface area contributed by atoms with Gasteiger partial charge in [0, 0.05) is 16.4 Å². The van der Waals surface area contributed by atoms with E-state index in [0.717, 1.165) is 28.8 Å². The summed E-state index contributed by atoms with van der Waals surface area (Å²) in [6.07, 6.45) is 3.67. The minimum atomic E-state index is 0.111. The zero-order valence-corrected chi connectivity index (χ0v) is 13.4. The Morgan fingerprint density at radius 3 is 2.42 bits per heavy atom. The summed E-state index contributed by atoms with van der Waals surface area (Å²) in [5.74, 6) is 1.56. The van der Waals surface area contributed by atoms with E-state index in [1.807, 2.05) is 19.9 Å². The Morgan fingerprint density at radius 1 is 1.32 bits per heavy atom. The molecule has 2 rings (SSSR count). The second-order valence-electron chi connectivity index (χ2n) is 5.49. The number of benzene rings is 1. The van der Waals surface area contributed by atoms with Gasteiger partial charge in [-0.3, -0.25) is 0 Å². The maximum absolute atomic E-state index is 6.00. The topological polar surface area (TPSA) is 44.5 Å². The van der Waals surface area contributed by atoms with Crippen LogP contribution in [0.1, 0.15) is 38.7 Å². The molecule has 4 heteroatoms. The molecule has 1 aliphatic carbocycles. The predicted octanol–water partition coefficient (Wildman–Crippen LogP) is 3.63. The third-order valence-corrected chi connectivity index (χ3v) is 4.54. The first-order valence-electron chi connectivity index (χ1n) is 6.77. The van der Waals surface area contributed by atoms with E-state index in [9.17, 15) is 0 Å². The van der Waals surface area contributed by atoms with E-state index in [0.29, 0.717) is 6.54 Å². The van der Waals surface area contributed by atoms with Crippen LogP contribution in [-0.2, 0) is 5.41 Å². The number of halogens is 1. The highest BCUT2D eigenvalue weighted by atomic mass is 79.9. The largest absolute Gasteiger partial charge is 0.493 e. The molecule has 1 saturated carbocycles. The highest BCUT2D eigenvalue weighted by molar-refractivity contribution is 9.10. The molecule has 0 amide bonds. The Morgan fingerprint density at radius 2 is 2.00 bits per heavy atom. The highest BCUT2D eigenvalue weighted by Gasteiger charge is 2.39. The van der Waals surface area contributed by atoms with E-state index in [1.165, 1.54) is 12.0 Å². The first-order valence-corrected chi connectivity index (χ1v) is 7.56. The SMILES string of the molecule is COc1cc(Br)c(C2(CN)CCC2)cc1OC(C)C. The normalized spacial score (nSPS) is 17.2. The van der Waals surface area contributed by atoms with E-state index >= 15 is 0 Å². The summed E-state index contributed by atoms with van der Waals surface area (Å²) >= 11 is 3.65. The van der Waals surface area contributed by atoms with Crippen molar-refractivity contribution in [3.8, 4) is 11.5 Å². The Labute approximate surface area is 123 Å². The molecule has 1 aliphatic rings. The quantitative estimate of drug-likeness (QED) is 0.898. The summed E-state index contributed by atoms with van der Waals surface area (Å²) < 4.78 is 12.3. The smallest absolute Gasteiger partial charge is 0.161 e. The van der Waals surface area contributed by atoms with Crippen LogP contribution in [0.5, 0.6) is 11.5 Å². The van der Waals surface area contributed by atoms with Gasteiger partial charge in [0.05, 0.1) is 13.2 Å². The first kappa shape index (κ1) is 14.7. The Kier molecular flexibility index (Phi) is 4.41. The van der Waals surface area contributed by atoms with Gasteiger partial charge < -0.3 is 15.2 Å². The molecule has 0 bridgehead atoms. The monoisotopic (exact) mass is 327 g/mol. The van der Waals surface area contributed by atoms with Crippen molar-refractivity contribution in [2.45, 2.75) is 44.6 Å². The van der Waals surface area contributed by atoms with Gasteiger partial charge in [-0.1, -0.05) is 22.4 Å². The second kappa shape index (κ2) is 5.71. The predicted molar refractivity (Wildman–Crippen MR) is 81.0 cm³/mol. The molecule has 1 aromatic rings. The number of hydrogen-bond donors (Lipinski definition) is 1. The zero-order valence-electron chi connectivity index (χ0n) is 11.8. The van der Waals surface area contributed by atoms with E-state index in [-0.39, 0.29) is 11.5 Å². The molecule has 0 unspecified atom stereocenters. The van der Waals surface area contributed by atoms with Crippen molar-refractivity contribution < 1.29 is 9.47 Å². The van der Waals surface area contributed by atoms with E-state index < -0.39 is 0 Å². The number of rotatable bonds is 5. The van der Waals surface area contributed by atoms with Crippen LogP contribution < -0.4 is 15.2 Å². The van der Waals surface area contributed by atoms with Crippen LogP contribution in [0.3, 0.4) is 0 Å². The van der Waals surface area contributed by atoms with Gasteiger partial charge in [0.15, 0.2) is 11.5 Å². The molecule has 1 aromatic carbocycles. The third-order valence-electron chi connectivity index (χ3n) is 3.89. The number of ether oxygens (including phenoxy) is 2. The standard InChI is InChI=1S/C15H22BrNO2/c1-10(2)19-14-7-11(12(16)8-13(14)18-3)15(9-17)5-4-6-15/h7-8,10H,4-6,9,17H2,1-3H3. The van der Waals surface area contributed by atoms with Crippen LogP contribution in [0, 0.1) is 0 Å². The molecule has 2 N–H and O–H groups in total. The molecule has 0 aromatic heterocycles. The molecule has 0 aliphatic heterocycles. The van der Waals surface area contributed by atoms with Crippen molar-refractivity contribution >= 4 is 15.9 Å². The van der Waals surface area contributed by atoms with Crippen molar-refractivity contribution in [1.82, 2.24) is 0 Å². The zero-order chi connectivity index (χ0) is 14.0. The molecule has 19 heavy (non-hydrogen) atoms. The minimum absolute atomic E-state index is 0.111. The molecule has 0 radical (unpaired) electrons. The number of nitrogens with two attached hydrogens (primary N) is 1. The number of hydrogen-bond acceptors (Lipinski definition) is 3. The Balaban J connectivity index is 2.44. The van der Waals surface area contributed by atoms with Crippen LogP contribution in [-0.4, -0.2) is 19.8 Å². The van der Waals surface area contributed by atoms with E-state index in [4.69, 9.17) is 15.2 Å². The van der Waals surface area contributed by atoms with E-state index in [2.05, 4.69) is 22.0 Å². The summed E-state index contributed by atoms with van der Waals surface area (Å²) in [5.41, 5.74) is 7.36. The van der Waals surface area contributed by atoms with Crippen LogP contribution >= 0.6 is 15.9 Å². The van der Waals surface area contributed by atoms with Gasteiger partial charge in [-0.2, -0.15) is 0 Å². The molecular weight excluding hydrogens is 306 g/mol. The van der Waals surface area contributed by atoms with Crippen molar-refractivity contribution in [3.05, 3.63) is 22.2 Å². The first-order chi connectivity index (χ1) is 9.02. The van der Waals surface area contributed by atoms with Crippen molar-refractivity contribution in [1.29, 1.82) is 0 Å². The van der Waals surface area contributed by atoms with Gasteiger partial charge in [0.1, 0.15) is 0 Å². The molecular formula is C15H22BrNO2. The molecule has 0 heterocycles. The summed E-state index contributed by atoms with van der Waals surface area (Å²) in [5, 5.41) is 0. The van der Waals surface area contributed by atoms with E-state index in [1.54, 1.807) is 7.11 Å². The third kappa shape index (κ3) is 2.75. The fraction of sp³-hybridized carbons (Fsp3) is 0.600. The van der Waals surface area contributed by atoms with Crippen LogP contribution in [0.2, 0.25) is 0 Å². The lowest BCUT2D eigenvalue weighted by atomic mass is 9.64. The Bertz CT molecular complexity index is 450. The van der Waals surface area contributed by atoms with Crippen molar-refractivity contribution in [2.24, 2.45) is 5.73 Å². The molecule has 1 fully saturated rings. The van der Waals surface area contributed by atoms with Crippen LogP contribution in [0.4, 0.5) is 0 Å². The summed E-state index contributed by atoms with van der Waals surface area (Å²) in [6.45, 7) is 4.71. The van der Waals surface area contributed by atoms with Crippen LogP contribution in [0.25, 0.3) is 0 Å². The van der Waals surface area contributed by atoms with Gasteiger partial charge in [-0.05, 0) is 44.4 Å². The lowest BCUT2D eigenvalue weighted by Gasteiger charge is -2.42. The molecule has 0 atom stereocenters. The highest BCUT2D eigenvalue weighted by Crippen LogP contribution is 2.48. The second-order valence-corrected chi connectivity index (χ2v) is 6.34. The average Bonchev–Trinajstić information content (AvgIpc) is 2.31. The van der Waals surface area contributed by atoms with Gasteiger partial charge in [-0.25, -0.2) is 0 Å². The maximum Gasteiger partial charge on any atom is 0.161 e. The van der Waals surface area contributed by atoms with Crippen molar-refractivity contribution in [2.75, 3.05) is 13.7 Å². The molecule has 106 valence electrons. The van der Waals surface area contributed by atoms with Gasteiger partial charge in [0.2, 0.25) is 0 Å².